The van der Waals surface area contributed by atoms with E-state index in [1.807, 2.05) is 0 Å². The van der Waals surface area contributed by atoms with E-state index in [1.165, 1.54) is 13.8 Å². The molecule has 0 aliphatic rings. The molecule has 2 aromatic heterocycles. The van der Waals surface area contributed by atoms with Gasteiger partial charge in [0, 0.05) is 22.6 Å². The molecule has 0 unspecified atom stereocenters. The number of carbonyl (C=O) groups is 4. The third-order valence-electron chi connectivity index (χ3n) is 5.07. The van der Waals surface area contributed by atoms with Gasteiger partial charge in [-0.15, -0.1) is 0 Å². The molecule has 0 amide bonds. The van der Waals surface area contributed by atoms with Crippen LogP contribution in [-0.4, -0.2) is 45.8 Å². The second kappa shape index (κ2) is 9.11. The first-order valence-corrected chi connectivity index (χ1v) is 9.77. The molecule has 0 saturated carbocycles. The summed E-state index contributed by atoms with van der Waals surface area (Å²) in [5.41, 5.74) is 3.56. The van der Waals surface area contributed by atoms with E-state index in [4.69, 9.17) is 9.47 Å². The highest BCUT2D eigenvalue weighted by atomic mass is 16.5. The Labute approximate surface area is 175 Å². The predicted octanol–water partition coefficient (Wildman–Crippen LogP) is 3.24. The third-order valence-corrected chi connectivity index (χ3v) is 5.07. The summed E-state index contributed by atoms with van der Waals surface area (Å²) >= 11 is 0. The van der Waals surface area contributed by atoms with Gasteiger partial charge in [0.15, 0.2) is 11.9 Å². The highest BCUT2D eigenvalue weighted by Crippen LogP contribution is 2.21. The van der Waals surface area contributed by atoms with Crippen LogP contribution in [0.3, 0.4) is 0 Å². The Balaban J connectivity index is 2.14. The van der Waals surface area contributed by atoms with E-state index in [0.29, 0.717) is 33.8 Å². The molecule has 2 heterocycles. The minimum atomic E-state index is -1.03. The molecule has 30 heavy (non-hydrogen) atoms. The zero-order valence-corrected chi connectivity index (χ0v) is 18.5. The Hall–Kier alpha value is -3.16. The van der Waals surface area contributed by atoms with Crippen molar-refractivity contribution in [1.82, 2.24) is 9.55 Å². The number of ketones is 2. The van der Waals surface area contributed by atoms with E-state index < -0.39 is 23.8 Å². The van der Waals surface area contributed by atoms with E-state index in [2.05, 4.69) is 4.98 Å². The molecule has 2 aromatic rings. The van der Waals surface area contributed by atoms with E-state index >= 15 is 0 Å². The van der Waals surface area contributed by atoms with E-state index in [0.717, 1.165) is 0 Å². The minimum absolute atomic E-state index is 0.138. The lowest BCUT2D eigenvalue weighted by molar-refractivity contribution is -0.147. The van der Waals surface area contributed by atoms with Crippen molar-refractivity contribution in [2.24, 2.45) is 0 Å². The number of hydrogen-bond donors (Lipinski definition) is 1. The van der Waals surface area contributed by atoms with Crippen molar-refractivity contribution < 1.29 is 28.7 Å². The highest BCUT2D eigenvalue weighted by molar-refractivity contribution is 6.05. The van der Waals surface area contributed by atoms with Gasteiger partial charge in [0.2, 0.25) is 5.78 Å². The average Bonchev–Trinajstić information content (AvgIpc) is 3.11. The van der Waals surface area contributed by atoms with E-state index in [-0.39, 0.29) is 24.6 Å². The number of Topliss-reactive ketones (excluding diaryl/α,β-unsaturated/α-hetero) is 2. The molecule has 1 atom stereocenters. The van der Waals surface area contributed by atoms with Gasteiger partial charge in [0.25, 0.3) is 0 Å². The zero-order valence-electron chi connectivity index (χ0n) is 18.5. The average molecular weight is 416 g/mol. The van der Waals surface area contributed by atoms with Crippen LogP contribution in [0.15, 0.2) is 6.07 Å². The summed E-state index contributed by atoms with van der Waals surface area (Å²) in [6.07, 6.45) is -1.03. The highest BCUT2D eigenvalue weighted by Gasteiger charge is 2.26. The summed E-state index contributed by atoms with van der Waals surface area (Å²) in [6, 6.07) is 1.66. The molecule has 0 aliphatic carbocycles. The van der Waals surface area contributed by atoms with E-state index in [1.54, 1.807) is 45.3 Å². The summed E-state index contributed by atoms with van der Waals surface area (Å²) in [7, 11) is 0. The predicted molar refractivity (Wildman–Crippen MR) is 110 cm³/mol. The Morgan fingerprint density at radius 1 is 1.13 bits per heavy atom. The fourth-order valence-electron chi connectivity index (χ4n) is 3.60. The Kier molecular flexibility index (Phi) is 7.02. The Morgan fingerprint density at radius 2 is 1.77 bits per heavy atom. The monoisotopic (exact) mass is 416 g/mol. The van der Waals surface area contributed by atoms with Crippen LogP contribution in [0.1, 0.15) is 74.6 Å². The van der Waals surface area contributed by atoms with Gasteiger partial charge in [-0.3, -0.25) is 14.4 Å². The number of hydrogen-bond acceptors (Lipinski definition) is 6. The topological polar surface area (TPSA) is 107 Å². The van der Waals surface area contributed by atoms with Crippen LogP contribution >= 0.6 is 0 Å². The second-order valence-corrected chi connectivity index (χ2v) is 7.27. The molecular weight excluding hydrogens is 388 g/mol. The van der Waals surface area contributed by atoms with Crippen LogP contribution in [-0.2, 0) is 20.8 Å². The summed E-state index contributed by atoms with van der Waals surface area (Å²) in [4.78, 5) is 51.9. The molecular formula is C22H28N2O6. The number of rotatable bonds is 8. The van der Waals surface area contributed by atoms with Gasteiger partial charge in [-0.1, -0.05) is 0 Å². The number of carbonyl (C=O) groups excluding carboxylic acids is 4. The number of aromatic amines is 1. The van der Waals surface area contributed by atoms with Crippen molar-refractivity contribution in [2.75, 3.05) is 6.61 Å². The standard InChI is InChI=1S/C22H28N2O6/c1-8-29-22(28)17-9-11(2)24(14(17)5)10-18(26)30-16(7)21(27)20-12(3)19(15(6)25)13(4)23-20/h9,16,23H,8,10H2,1-7H3/t16-/m1/s1. The molecule has 1 N–H and O–H groups in total. The van der Waals surface area contributed by atoms with E-state index in [9.17, 15) is 19.2 Å². The maximum Gasteiger partial charge on any atom is 0.339 e. The third kappa shape index (κ3) is 4.53. The van der Waals surface area contributed by atoms with Crippen molar-refractivity contribution in [3.05, 3.63) is 45.5 Å². The van der Waals surface area contributed by atoms with Gasteiger partial charge >= 0.3 is 11.9 Å². The molecule has 8 heteroatoms. The number of ether oxygens (including phenoxy) is 2. The normalized spacial score (nSPS) is 11.8. The number of esters is 2. The Bertz CT molecular complexity index is 1010. The van der Waals surface area contributed by atoms with Crippen LogP contribution < -0.4 is 0 Å². The van der Waals surface area contributed by atoms with Crippen molar-refractivity contribution in [2.45, 2.75) is 61.1 Å². The van der Waals surface area contributed by atoms with Gasteiger partial charge in [-0.2, -0.15) is 0 Å². The van der Waals surface area contributed by atoms with Gasteiger partial charge in [0.05, 0.1) is 17.9 Å². The lowest BCUT2D eigenvalue weighted by Gasteiger charge is -2.14. The fourth-order valence-corrected chi connectivity index (χ4v) is 3.60. The largest absolute Gasteiger partial charge is 0.462 e. The lowest BCUT2D eigenvalue weighted by atomic mass is 10.0. The minimum Gasteiger partial charge on any atom is -0.462 e. The van der Waals surface area contributed by atoms with Crippen LogP contribution in [0.4, 0.5) is 0 Å². The summed E-state index contributed by atoms with van der Waals surface area (Å²) in [5.74, 6) is -1.61. The molecule has 0 spiro atoms. The zero-order chi connectivity index (χ0) is 22.7. The number of nitrogens with zero attached hydrogens (tertiary/aromatic N) is 1. The van der Waals surface area contributed by atoms with Crippen molar-refractivity contribution >= 4 is 23.5 Å². The summed E-state index contributed by atoms with van der Waals surface area (Å²) in [6.45, 7) is 11.7. The summed E-state index contributed by atoms with van der Waals surface area (Å²) < 4.78 is 12.0. The fraction of sp³-hybridized carbons (Fsp3) is 0.455. The smallest absolute Gasteiger partial charge is 0.339 e. The second-order valence-electron chi connectivity index (χ2n) is 7.27. The molecule has 162 valence electrons. The first-order chi connectivity index (χ1) is 14.0. The number of aryl methyl sites for hydroxylation is 2. The first kappa shape index (κ1) is 23.1. The maximum absolute atomic E-state index is 12.8. The van der Waals surface area contributed by atoms with Crippen molar-refractivity contribution in [3.63, 3.8) is 0 Å². The molecule has 0 aromatic carbocycles. The van der Waals surface area contributed by atoms with Crippen LogP contribution in [0.5, 0.6) is 0 Å². The van der Waals surface area contributed by atoms with Crippen LogP contribution in [0, 0.1) is 27.7 Å². The van der Waals surface area contributed by atoms with Gasteiger partial charge in [0.1, 0.15) is 6.54 Å². The van der Waals surface area contributed by atoms with Crippen molar-refractivity contribution in [1.29, 1.82) is 0 Å². The molecule has 0 fully saturated rings. The number of aromatic nitrogens is 2. The quantitative estimate of drug-likeness (QED) is 0.523. The SMILES string of the molecule is CCOC(=O)c1cc(C)n(CC(=O)O[C@H](C)C(=O)c2[nH]c(C)c(C(C)=O)c2C)c1C. The van der Waals surface area contributed by atoms with Gasteiger partial charge < -0.3 is 19.0 Å². The van der Waals surface area contributed by atoms with Gasteiger partial charge in [-0.25, -0.2) is 4.79 Å². The summed E-state index contributed by atoms with van der Waals surface area (Å²) in [5, 5.41) is 0. The number of nitrogens with one attached hydrogen (secondary N) is 1. The molecule has 0 radical (unpaired) electrons. The molecule has 0 aliphatic heterocycles. The van der Waals surface area contributed by atoms with Gasteiger partial charge in [-0.05, 0) is 60.1 Å². The molecule has 8 nitrogen and oxygen atoms in total. The van der Waals surface area contributed by atoms with Crippen LogP contribution in [0.25, 0.3) is 0 Å². The molecule has 0 bridgehead atoms. The number of H-pyrrole nitrogens is 1. The van der Waals surface area contributed by atoms with Crippen LogP contribution in [0.2, 0.25) is 0 Å². The Morgan fingerprint density at radius 3 is 2.30 bits per heavy atom. The molecule has 2 rings (SSSR count). The molecule has 0 saturated heterocycles. The maximum atomic E-state index is 12.8. The van der Waals surface area contributed by atoms with Crippen molar-refractivity contribution in [3.8, 4) is 0 Å². The first-order valence-electron chi connectivity index (χ1n) is 9.77. The lowest BCUT2D eigenvalue weighted by Crippen LogP contribution is -2.27.